The van der Waals surface area contributed by atoms with E-state index in [0.717, 1.165) is 34.3 Å². The Bertz CT molecular complexity index is 969. The van der Waals surface area contributed by atoms with Gasteiger partial charge in [0, 0.05) is 6.54 Å². The van der Waals surface area contributed by atoms with Crippen molar-refractivity contribution in [2.24, 2.45) is 0 Å². The number of nitrogens with zero attached hydrogens (tertiary/aromatic N) is 2. The fourth-order valence-electron chi connectivity index (χ4n) is 3.74. The van der Waals surface area contributed by atoms with Crippen LogP contribution in [-0.2, 0) is 17.4 Å². The molecule has 28 heavy (non-hydrogen) atoms. The van der Waals surface area contributed by atoms with Gasteiger partial charge in [-0.1, -0.05) is 53.7 Å². The van der Waals surface area contributed by atoms with Crippen LogP contribution < -0.4 is 0 Å². The van der Waals surface area contributed by atoms with Gasteiger partial charge in [-0.2, -0.15) is 0 Å². The number of hydrogen-bond acceptors (Lipinski definition) is 3. The van der Waals surface area contributed by atoms with Crippen LogP contribution in [0.15, 0.2) is 36.4 Å². The molecule has 0 fully saturated rings. The van der Waals surface area contributed by atoms with Crippen molar-refractivity contribution in [3.8, 4) is 5.75 Å². The highest BCUT2D eigenvalue weighted by Crippen LogP contribution is 2.41. The van der Waals surface area contributed by atoms with E-state index < -0.39 is 6.10 Å². The topological polar surface area (TPSA) is 58.3 Å². The van der Waals surface area contributed by atoms with E-state index in [4.69, 9.17) is 4.98 Å². The van der Waals surface area contributed by atoms with Crippen LogP contribution in [0.5, 0.6) is 5.75 Å². The van der Waals surface area contributed by atoms with Crippen molar-refractivity contribution in [3.05, 3.63) is 58.9 Å². The number of aromatic hydroxyl groups is 1. The van der Waals surface area contributed by atoms with Gasteiger partial charge in [0.15, 0.2) is 0 Å². The number of hydrogen-bond donors (Lipinski definition) is 2. The zero-order valence-corrected chi connectivity index (χ0v) is 18.0. The second-order valence-corrected chi connectivity index (χ2v) is 9.57. The Labute approximate surface area is 167 Å². The van der Waals surface area contributed by atoms with Crippen LogP contribution in [0.25, 0.3) is 11.0 Å². The Morgan fingerprint density at radius 2 is 1.50 bits per heavy atom. The first-order valence-electron chi connectivity index (χ1n) is 9.96. The highest BCUT2D eigenvalue weighted by atomic mass is 16.3. The Morgan fingerprint density at radius 1 is 0.964 bits per heavy atom. The van der Waals surface area contributed by atoms with E-state index in [-0.39, 0.29) is 10.8 Å². The third-order valence-electron chi connectivity index (χ3n) is 5.31. The van der Waals surface area contributed by atoms with Crippen molar-refractivity contribution < 1.29 is 10.2 Å². The predicted molar refractivity (Wildman–Crippen MR) is 115 cm³/mol. The van der Waals surface area contributed by atoms with E-state index in [1.807, 2.05) is 36.4 Å². The standard InChI is InChI=1S/C24H32N2O2/c1-8-26-19-12-10-9-11-18(19)25-22(26)20(27)15-13-16(23(2,3)4)21(28)17(14-15)24(5,6)7/h9-14,20,27-28H,8H2,1-7H3/t20-/m1/s1. The summed E-state index contributed by atoms with van der Waals surface area (Å²) in [5, 5.41) is 22.3. The summed E-state index contributed by atoms with van der Waals surface area (Å²) in [4.78, 5) is 4.72. The first kappa shape index (κ1) is 20.4. The maximum atomic E-state index is 11.3. The fourth-order valence-corrected chi connectivity index (χ4v) is 3.74. The molecule has 3 aromatic rings. The number of rotatable bonds is 3. The summed E-state index contributed by atoms with van der Waals surface area (Å²) in [6.07, 6.45) is -0.866. The molecule has 2 aromatic carbocycles. The molecule has 4 nitrogen and oxygen atoms in total. The van der Waals surface area contributed by atoms with Gasteiger partial charge in [-0.3, -0.25) is 0 Å². The molecule has 2 N–H and O–H groups in total. The Kier molecular flexibility index (Phi) is 5.05. The number of aromatic nitrogens is 2. The van der Waals surface area contributed by atoms with E-state index in [2.05, 4.69) is 53.0 Å². The van der Waals surface area contributed by atoms with Crippen LogP contribution in [0.2, 0.25) is 0 Å². The van der Waals surface area contributed by atoms with Crippen molar-refractivity contribution in [3.63, 3.8) is 0 Å². The molecule has 1 atom stereocenters. The molecule has 1 heterocycles. The zero-order chi connectivity index (χ0) is 20.9. The molecule has 0 saturated carbocycles. The number of phenols is 1. The van der Waals surface area contributed by atoms with Gasteiger partial charge in [0.05, 0.1) is 11.0 Å². The maximum absolute atomic E-state index is 11.3. The van der Waals surface area contributed by atoms with Crippen molar-refractivity contribution in [2.75, 3.05) is 0 Å². The summed E-state index contributed by atoms with van der Waals surface area (Å²) in [5.74, 6) is 0.953. The minimum Gasteiger partial charge on any atom is -0.507 e. The van der Waals surface area contributed by atoms with E-state index in [1.165, 1.54) is 0 Å². The van der Waals surface area contributed by atoms with Gasteiger partial charge in [0.1, 0.15) is 17.7 Å². The van der Waals surface area contributed by atoms with Gasteiger partial charge in [-0.25, -0.2) is 4.98 Å². The third kappa shape index (κ3) is 3.53. The summed E-state index contributed by atoms with van der Waals surface area (Å²) in [6, 6.07) is 11.8. The van der Waals surface area contributed by atoms with Crippen LogP contribution in [0.1, 0.15) is 77.1 Å². The molecule has 4 heteroatoms. The average Bonchev–Trinajstić information content (AvgIpc) is 2.97. The SMILES string of the molecule is CCn1c([C@H](O)c2cc(C(C)(C)C)c(O)c(C(C)(C)C)c2)nc2ccccc21. The number of fused-ring (bicyclic) bond motifs is 1. The van der Waals surface area contributed by atoms with Crippen LogP contribution in [0.4, 0.5) is 0 Å². The molecule has 0 amide bonds. The predicted octanol–water partition coefficient (Wildman–Crippen LogP) is 5.44. The van der Waals surface area contributed by atoms with Crippen LogP contribution in [0, 0.1) is 0 Å². The highest BCUT2D eigenvalue weighted by Gasteiger charge is 2.29. The molecule has 0 saturated heterocycles. The van der Waals surface area contributed by atoms with Gasteiger partial charge in [0.25, 0.3) is 0 Å². The van der Waals surface area contributed by atoms with Gasteiger partial charge in [0.2, 0.25) is 0 Å². The molecule has 3 rings (SSSR count). The second-order valence-electron chi connectivity index (χ2n) is 9.57. The van der Waals surface area contributed by atoms with Crippen LogP contribution in [0.3, 0.4) is 0 Å². The number of aliphatic hydroxyl groups is 1. The van der Waals surface area contributed by atoms with Crippen molar-refractivity contribution in [1.82, 2.24) is 9.55 Å². The monoisotopic (exact) mass is 380 g/mol. The Morgan fingerprint density at radius 3 is 2.00 bits per heavy atom. The molecule has 0 spiro atoms. The van der Waals surface area contributed by atoms with Crippen molar-refractivity contribution >= 4 is 11.0 Å². The first-order chi connectivity index (χ1) is 12.9. The minimum absolute atomic E-state index is 0.245. The zero-order valence-electron chi connectivity index (χ0n) is 18.0. The van der Waals surface area contributed by atoms with Crippen molar-refractivity contribution in [2.45, 2.75) is 71.9 Å². The lowest BCUT2D eigenvalue weighted by Crippen LogP contribution is -2.19. The number of benzene rings is 2. The normalized spacial score (nSPS) is 13.9. The lowest BCUT2D eigenvalue weighted by atomic mass is 9.78. The van der Waals surface area contributed by atoms with Gasteiger partial charge >= 0.3 is 0 Å². The highest BCUT2D eigenvalue weighted by molar-refractivity contribution is 5.76. The quantitative estimate of drug-likeness (QED) is 0.636. The fraction of sp³-hybridized carbons (Fsp3) is 0.458. The van der Waals surface area contributed by atoms with E-state index >= 15 is 0 Å². The molecular weight excluding hydrogens is 348 g/mol. The number of imidazole rings is 1. The summed E-state index contributed by atoms with van der Waals surface area (Å²) in [5.41, 5.74) is 3.85. The summed E-state index contributed by atoms with van der Waals surface area (Å²) < 4.78 is 2.06. The van der Waals surface area contributed by atoms with Crippen LogP contribution >= 0.6 is 0 Å². The molecule has 150 valence electrons. The Hall–Kier alpha value is -2.33. The number of aliphatic hydroxyl groups excluding tert-OH is 1. The van der Waals surface area contributed by atoms with E-state index in [0.29, 0.717) is 11.6 Å². The van der Waals surface area contributed by atoms with Gasteiger partial charge in [-0.15, -0.1) is 0 Å². The van der Waals surface area contributed by atoms with Crippen LogP contribution in [-0.4, -0.2) is 19.8 Å². The number of aryl methyl sites for hydroxylation is 1. The molecule has 0 bridgehead atoms. The molecule has 0 aliphatic heterocycles. The molecule has 0 aliphatic rings. The Balaban J connectivity index is 2.24. The van der Waals surface area contributed by atoms with Gasteiger partial charge in [-0.05, 0) is 58.7 Å². The maximum Gasteiger partial charge on any atom is 0.143 e. The third-order valence-corrected chi connectivity index (χ3v) is 5.31. The average molecular weight is 381 g/mol. The molecular formula is C24H32N2O2. The lowest BCUT2D eigenvalue weighted by Gasteiger charge is -2.29. The second kappa shape index (κ2) is 6.93. The molecule has 0 unspecified atom stereocenters. The van der Waals surface area contributed by atoms with E-state index in [9.17, 15) is 10.2 Å². The summed E-state index contributed by atoms with van der Waals surface area (Å²) in [7, 11) is 0. The summed E-state index contributed by atoms with van der Waals surface area (Å²) >= 11 is 0. The minimum atomic E-state index is -0.866. The summed E-state index contributed by atoms with van der Waals surface area (Å²) in [6.45, 7) is 15.2. The smallest absolute Gasteiger partial charge is 0.143 e. The lowest BCUT2D eigenvalue weighted by molar-refractivity contribution is 0.205. The largest absolute Gasteiger partial charge is 0.507 e. The molecule has 0 radical (unpaired) electrons. The number of para-hydroxylation sites is 2. The van der Waals surface area contributed by atoms with Crippen molar-refractivity contribution in [1.29, 1.82) is 0 Å². The van der Waals surface area contributed by atoms with Gasteiger partial charge < -0.3 is 14.8 Å². The number of phenolic OH excluding ortho intramolecular Hbond substituents is 1. The molecule has 0 aliphatic carbocycles. The first-order valence-corrected chi connectivity index (χ1v) is 9.96. The molecule has 1 aromatic heterocycles. The van der Waals surface area contributed by atoms with E-state index in [1.54, 1.807) is 0 Å².